The number of methoxy groups -OCH3 is 1. The Morgan fingerprint density at radius 3 is 2.63 bits per heavy atom. The van der Waals surface area contributed by atoms with Crippen molar-refractivity contribution in [2.45, 2.75) is 18.4 Å². The molecule has 0 aliphatic heterocycles. The van der Waals surface area contributed by atoms with Gasteiger partial charge in [0, 0.05) is 7.05 Å². The van der Waals surface area contributed by atoms with E-state index in [2.05, 4.69) is 10.4 Å². The van der Waals surface area contributed by atoms with Gasteiger partial charge in [-0.05, 0) is 31.2 Å². The van der Waals surface area contributed by atoms with Crippen LogP contribution in [-0.4, -0.2) is 42.1 Å². The second kappa shape index (κ2) is 8.90. The summed E-state index contributed by atoms with van der Waals surface area (Å²) in [5.41, 5.74) is 0.660. The Morgan fingerprint density at radius 2 is 2.03 bits per heavy atom. The van der Waals surface area contributed by atoms with Crippen LogP contribution in [0.5, 0.6) is 5.75 Å². The van der Waals surface area contributed by atoms with E-state index >= 15 is 0 Å². The van der Waals surface area contributed by atoms with E-state index < -0.39 is 22.5 Å². The minimum atomic E-state index is -4.15. The Labute approximate surface area is 179 Å². The van der Waals surface area contributed by atoms with E-state index in [1.807, 2.05) is 0 Å². The fourth-order valence-corrected chi connectivity index (χ4v) is 5.00. The van der Waals surface area contributed by atoms with Crippen LogP contribution in [0.3, 0.4) is 0 Å². The van der Waals surface area contributed by atoms with Gasteiger partial charge in [-0.3, -0.25) is 9.48 Å². The first-order chi connectivity index (χ1) is 14.2. The zero-order valence-electron chi connectivity index (χ0n) is 16.6. The SMILES string of the molecule is COc1ccccc1NC(=O)CN(Cc1ccco1)S(=O)(=O)c1c(C)nn(C)c1Cl. The van der Waals surface area contributed by atoms with Crippen LogP contribution >= 0.6 is 11.6 Å². The fourth-order valence-electron chi connectivity index (χ4n) is 2.93. The molecule has 0 saturated heterocycles. The van der Waals surface area contributed by atoms with Crippen LogP contribution in [0.2, 0.25) is 5.15 Å². The van der Waals surface area contributed by atoms with E-state index in [0.717, 1.165) is 4.31 Å². The number of aryl methyl sites for hydroxylation is 2. The summed E-state index contributed by atoms with van der Waals surface area (Å²) in [6.07, 6.45) is 1.43. The maximum absolute atomic E-state index is 13.4. The first-order valence-corrected chi connectivity index (χ1v) is 10.7. The van der Waals surface area contributed by atoms with Gasteiger partial charge in [-0.15, -0.1) is 0 Å². The number of nitrogens with zero attached hydrogens (tertiary/aromatic N) is 3. The van der Waals surface area contributed by atoms with Gasteiger partial charge in [0.2, 0.25) is 15.9 Å². The monoisotopic (exact) mass is 452 g/mol. The highest BCUT2D eigenvalue weighted by Crippen LogP contribution is 2.29. The summed E-state index contributed by atoms with van der Waals surface area (Å²) in [5, 5.41) is 6.70. The van der Waals surface area contributed by atoms with Crippen molar-refractivity contribution in [2.75, 3.05) is 19.0 Å². The summed E-state index contributed by atoms with van der Waals surface area (Å²) < 4.78 is 39.5. The number of hydrogen-bond donors (Lipinski definition) is 1. The third-order valence-electron chi connectivity index (χ3n) is 4.31. The summed E-state index contributed by atoms with van der Waals surface area (Å²) in [6, 6.07) is 10.1. The molecule has 0 aliphatic rings. The normalized spacial score (nSPS) is 11.6. The molecule has 0 bridgehead atoms. The molecule has 0 radical (unpaired) electrons. The number of amides is 1. The Hall–Kier alpha value is -2.82. The van der Waals surface area contributed by atoms with Crippen LogP contribution in [0, 0.1) is 6.92 Å². The molecule has 0 unspecified atom stereocenters. The number of para-hydroxylation sites is 2. The quantitative estimate of drug-likeness (QED) is 0.563. The van der Waals surface area contributed by atoms with Crippen molar-refractivity contribution in [3.63, 3.8) is 0 Å². The molecule has 0 aliphatic carbocycles. The molecule has 11 heteroatoms. The lowest BCUT2D eigenvalue weighted by molar-refractivity contribution is -0.116. The van der Waals surface area contributed by atoms with Crippen LogP contribution in [-0.2, 0) is 28.4 Å². The third-order valence-corrected chi connectivity index (χ3v) is 6.80. The number of benzene rings is 1. The van der Waals surface area contributed by atoms with Gasteiger partial charge in [0.05, 0.1) is 37.8 Å². The summed E-state index contributed by atoms with van der Waals surface area (Å²) in [5.74, 6) is 0.283. The molecule has 9 nitrogen and oxygen atoms in total. The highest BCUT2D eigenvalue weighted by atomic mass is 35.5. The third kappa shape index (κ3) is 4.50. The predicted octanol–water partition coefficient (Wildman–Crippen LogP) is 2.81. The Kier molecular flexibility index (Phi) is 6.49. The first kappa shape index (κ1) is 21.9. The number of furan rings is 1. The van der Waals surface area contributed by atoms with Gasteiger partial charge in [0.25, 0.3) is 0 Å². The highest BCUT2D eigenvalue weighted by molar-refractivity contribution is 7.89. The van der Waals surface area contributed by atoms with E-state index in [1.165, 1.54) is 18.1 Å². The summed E-state index contributed by atoms with van der Waals surface area (Å²) in [4.78, 5) is 12.6. The Balaban J connectivity index is 1.92. The average Bonchev–Trinajstić information content (AvgIpc) is 3.29. The van der Waals surface area contributed by atoms with Crippen molar-refractivity contribution in [1.82, 2.24) is 14.1 Å². The fraction of sp³-hybridized carbons (Fsp3) is 0.263. The number of sulfonamides is 1. The van der Waals surface area contributed by atoms with E-state index in [4.69, 9.17) is 20.8 Å². The smallest absolute Gasteiger partial charge is 0.248 e. The lowest BCUT2D eigenvalue weighted by Gasteiger charge is -2.21. The molecule has 1 amide bonds. The molecule has 0 spiro atoms. The molecule has 0 fully saturated rings. The Bertz CT molecular complexity index is 1140. The van der Waals surface area contributed by atoms with Gasteiger partial charge in [-0.1, -0.05) is 23.7 Å². The molecule has 1 N–H and O–H groups in total. The van der Waals surface area contributed by atoms with Gasteiger partial charge in [-0.2, -0.15) is 9.40 Å². The minimum absolute atomic E-state index is 0.0397. The molecular weight excluding hydrogens is 432 g/mol. The highest BCUT2D eigenvalue weighted by Gasteiger charge is 2.33. The van der Waals surface area contributed by atoms with Crippen LogP contribution in [0.1, 0.15) is 11.5 Å². The van der Waals surface area contributed by atoms with Gasteiger partial charge in [0.15, 0.2) is 0 Å². The summed E-state index contributed by atoms with van der Waals surface area (Å²) in [6.45, 7) is 0.920. The topological polar surface area (TPSA) is 107 Å². The van der Waals surface area contributed by atoms with E-state index in [0.29, 0.717) is 17.2 Å². The van der Waals surface area contributed by atoms with Crippen molar-refractivity contribution in [2.24, 2.45) is 7.05 Å². The zero-order chi connectivity index (χ0) is 21.9. The molecule has 2 aromatic heterocycles. The molecule has 1 aromatic carbocycles. The van der Waals surface area contributed by atoms with Crippen molar-refractivity contribution < 1.29 is 22.4 Å². The van der Waals surface area contributed by atoms with Crippen molar-refractivity contribution in [1.29, 1.82) is 0 Å². The number of nitrogens with one attached hydrogen (secondary N) is 1. The van der Waals surface area contributed by atoms with Crippen molar-refractivity contribution in [3.8, 4) is 5.75 Å². The van der Waals surface area contributed by atoms with Crippen LogP contribution < -0.4 is 10.1 Å². The number of carbonyl (C=O) groups is 1. The lowest BCUT2D eigenvalue weighted by Crippen LogP contribution is -2.37. The number of hydrogen-bond acceptors (Lipinski definition) is 6. The number of rotatable bonds is 8. The van der Waals surface area contributed by atoms with Crippen molar-refractivity contribution >= 4 is 33.2 Å². The van der Waals surface area contributed by atoms with Crippen LogP contribution in [0.25, 0.3) is 0 Å². The van der Waals surface area contributed by atoms with Crippen LogP contribution in [0.4, 0.5) is 5.69 Å². The van der Waals surface area contributed by atoms with Gasteiger partial charge >= 0.3 is 0 Å². The predicted molar refractivity (Wildman–Crippen MR) is 111 cm³/mol. The number of anilines is 1. The first-order valence-electron chi connectivity index (χ1n) is 8.88. The largest absolute Gasteiger partial charge is 0.495 e. The maximum Gasteiger partial charge on any atom is 0.248 e. The molecule has 0 atom stereocenters. The maximum atomic E-state index is 13.4. The molecule has 0 saturated carbocycles. The average molecular weight is 453 g/mol. The minimum Gasteiger partial charge on any atom is -0.495 e. The number of halogens is 1. The molecule has 2 heterocycles. The lowest BCUT2D eigenvalue weighted by atomic mass is 10.3. The molecule has 30 heavy (non-hydrogen) atoms. The van der Waals surface area contributed by atoms with E-state index in [1.54, 1.807) is 50.4 Å². The zero-order valence-corrected chi connectivity index (χ0v) is 18.2. The standard InChI is InChI=1S/C19H21ClN4O5S/c1-13-18(19(20)23(2)22-13)30(26,27)24(11-14-7-6-10-29-14)12-17(25)21-15-8-4-5-9-16(15)28-3/h4-10H,11-12H2,1-3H3,(H,21,25). The second-order valence-electron chi connectivity index (χ2n) is 6.43. The molecular formula is C19H21ClN4O5S. The second-order valence-corrected chi connectivity index (χ2v) is 8.66. The molecule has 160 valence electrons. The van der Waals surface area contributed by atoms with Crippen LogP contribution in [0.15, 0.2) is 52.0 Å². The van der Waals surface area contributed by atoms with Gasteiger partial charge in [-0.25, -0.2) is 8.42 Å². The molecule has 3 aromatic rings. The number of carbonyl (C=O) groups excluding carboxylic acids is 1. The number of ether oxygens (including phenoxy) is 1. The van der Waals surface area contributed by atoms with Gasteiger partial charge in [0.1, 0.15) is 21.6 Å². The summed E-state index contributed by atoms with van der Waals surface area (Å²) in [7, 11) is -1.14. The van der Waals surface area contributed by atoms with Crippen molar-refractivity contribution in [3.05, 3.63) is 59.3 Å². The van der Waals surface area contributed by atoms with E-state index in [9.17, 15) is 13.2 Å². The van der Waals surface area contributed by atoms with E-state index in [-0.39, 0.29) is 22.3 Å². The number of aromatic nitrogens is 2. The van der Waals surface area contributed by atoms with Gasteiger partial charge < -0.3 is 14.5 Å². The summed E-state index contributed by atoms with van der Waals surface area (Å²) >= 11 is 6.18. The Morgan fingerprint density at radius 1 is 1.30 bits per heavy atom. The molecule has 3 rings (SSSR count).